The van der Waals surface area contributed by atoms with Crippen molar-refractivity contribution >= 4 is 11.8 Å². The van der Waals surface area contributed by atoms with Gasteiger partial charge in [-0.15, -0.1) is 5.10 Å². The van der Waals surface area contributed by atoms with Crippen LogP contribution in [0.15, 0.2) is 48.8 Å². The van der Waals surface area contributed by atoms with E-state index in [-0.39, 0.29) is 6.04 Å². The first-order valence-electron chi connectivity index (χ1n) is 11.8. The number of nitrogens with one attached hydrogen (secondary N) is 1. The van der Waals surface area contributed by atoms with E-state index in [2.05, 4.69) is 68.5 Å². The molecular weight excluding hydrogens is 416 g/mol. The van der Waals surface area contributed by atoms with Crippen molar-refractivity contribution in [3.8, 4) is 0 Å². The summed E-state index contributed by atoms with van der Waals surface area (Å²) < 4.78 is 1.97. The van der Waals surface area contributed by atoms with E-state index in [1.54, 1.807) is 0 Å². The molecular formula is C25H34N6S. The monoisotopic (exact) mass is 450 g/mol. The minimum atomic E-state index is 0.00846. The molecule has 1 aliphatic carbocycles. The van der Waals surface area contributed by atoms with Crippen LogP contribution in [-0.4, -0.2) is 43.7 Å². The Bertz CT molecular complexity index is 938. The minimum Gasteiger partial charge on any atom is -0.304 e. The zero-order valence-corrected chi connectivity index (χ0v) is 19.8. The maximum absolute atomic E-state index is 4.44. The van der Waals surface area contributed by atoms with Crippen molar-refractivity contribution in [3.63, 3.8) is 0 Å². The molecule has 0 aliphatic heterocycles. The Hall–Kier alpha value is -2.25. The van der Waals surface area contributed by atoms with Gasteiger partial charge in [-0.3, -0.25) is 4.98 Å². The van der Waals surface area contributed by atoms with Gasteiger partial charge in [-0.25, -0.2) is 4.68 Å². The molecule has 1 aromatic carbocycles. The van der Waals surface area contributed by atoms with E-state index < -0.39 is 0 Å². The normalized spacial score (nSPS) is 15.3. The second-order valence-electron chi connectivity index (χ2n) is 8.60. The fourth-order valence-electron chi connectivity index (χ4n) is 4.62. The molecule has 0 bridgehead atoms. The first kappa shape index (κ1) is 22.9. The van der Waals surface area contributed by atoms with E-state index in [0.29, 0.717) is 5.92 Å². The molecule has 1 fully saturated rings. The van der Waals surface area contributed by atoms with Crippen molar-refractivity contribution in [1.82, 2.24) is 30.5 Å². The molecule has 7 heteroatoms. The van der Waals surface area contributed by atoms with Crippen LogP contribution in [0.4, 0.5) is 0 Å². The SMILES string of the molecule is CSCCn1nnnc1C(NCCCCc1ccncc1)c1cccc(C2CCCC2)c1. The number of aromatic nitrogens is 5. The summed E-state index contributed by atoms with van der Waals surface area (Å²) in [7, 11) is 0. The average molecular weight is 451 g/mol. The Morgan fingerprint density at radius 3 is 2.78 bits per heavy atom. The Balaban J connectivity index is 1.46. The lowest BCUT2D eigenvalue weighted by Gasteiger charge is -2.20. The van der Waals surface area contributed by atoms with Crippen LogP contribution >= 0.6 is 11.8 Å². The van der Waals surface area contributed by atoms with Crippen molar-refractivity contribution in [3.05, 3.63) is 71.3 Å². The number of aryl methyl sites for hydroxylation is 2. The first-order valence-corrected chi connectivity index (χ1v) is 13.2. The lowest BCUT2D eigenvalue weighted by atomic mass is 9.94. The Kier molecular flexibility index (Phi) is 8.68. The van der Waals surface area contributed by atoms with E-state index >= 15 is 0 Å². The molecule has 170 valence electrons. The lowest BCUT2D eigenvalue weighted by Crippen LogP contribution is -2.27. The summed E-state index contributed by atoms with van der Waals surface area (Å²) in [4.78, 5) is 4.11. The van der Waals surface area contributed by atoms with Gasteiger partial charge in [0.1, 0.15) is 0 Å². The van der Waals surface area contributed by atoms with Crippen LogP contribution in [0.5, 0.6) is 0 Å². The first-order chi connectivity index (χ1) is 15.8. The molecule has 1 saturated carbocycles. The number of benzene rings is 1. The number of rotatable bonds is 12. The molecule has 0 spiro atoms. The topological polar surface area (TPSA) is 68.5 Å². The van der Waals surface area contributed by atoms with Gasteiger partial charge >= 0.3 is 0 Å². The fourth-order valence-corrected chi connectivity index (χ4v) is 4.97. The standard InChI is InChI=1S/C25H34N6S/c1-32-18-17-31-25(28-29-30-31)24(27-14-5-4-7-20-12-15-26-16-13-20)23-11-6-10-22(19-23)21-8-2-3-9-21/h6,10-13,15-16,19,21,24,27H,2-5,7-9,14,17-18H2,1H3. The van der Waals surface area contributed by atoms with Gasteiger partial charge in [0, 0.05) is 18.1 Å². The van der Waals surface area contributed by atoms with Gasteiger partial charge in [0.2, 0.25) is 0 Å². The number of hydrogen-bond donors (Lipinski definition) is 1. The molecule has 3 aromatic rings. The quantitative estimate of drug-likeness (QED) is 0.400. The van der Waals surface area contributed by atoms with Gasteiger partial charge in [0.05, 0.1) is 12.6 Å². The molecule has 4 rings (SSSR count). The van der Waals surface area contributed by atoms with Crippen molar-refractivity contribution < 1.29 is 0 Å². The summed E-state index contributed by atoms with van der Waals surface area (Å²) >= 11 is 1.82. The van der Waals surface area contributed by atoms with Crippen molar-refractivity contribution in [2.45, 2.75) is 63.5 Å². The summed E-state index contributed by atoms with van der Waals surface area (Å²) in [6.45, 7) is 1.75. The Morgan fingerprint density at radius 2 is 1.97 bits per heavy atom. The zero-order chi connectivity index (χ0) is 22.0. The largest absolute Gasteiger partial charge is 0.304 e. The van der Waals surface area contributed by atoms with E-state index in [0.717, 1.165) is 43.9 Å². The molecule has 1 unspecified atom stereocenters. The van der Waals surface area contributed by atoms with Crippen LogP contribution < -0.4 is 5.32 Å². The molecule has 0 radical (unpaired) electrons. The third kappa shape index (κ3) is 6.17. The average Bonchev–Trinajstić information content (AvgIpc) is 3.53. The Morgan fingerprint density at radius 1 is 1.12 bits per heavy atom. The molecule has 2 aromatic heterocycles. The molecule has 6 nitrogen and oxygen atoms in total. The maximum Gasteiger partial charge on any atom is 0.172 e. The molecule has 2 heterocycles. The van der Waals surface area contributed by atoms with Crippen LogP contribution in [0.2, 0.25) is 0 Å². The van der Waals surface area contributed by atoms with Crippen LogP contribution in [0.1, 0.15) is 73.0 Å². The number of nitrogens with zero attached hydrogens (tertiary/aromatic N) is 5. The highest BCUT2D eigenvalue weighted by atomic mass is 32.2. The van der Waals surface area contributed by atoms with E-state index in [9.17, 15) is 0 Å². The number of thioether (sulfide) groups is 1. The Labute approximate surface area is 195 Å². The second-order valence-corrected chi connectivity index (χ2v) is 9.59. The van der Waals surface area contributed by atoms with Crippen molar-refractivity contribution in [2.24, 2.45) is 0 Å². The molecule has 32 heavy (non-hydrogen) atoms. The molecule has 0 amide bonds. The van der Waals surface area contributed by atoms with E-state index in [4.69, 9.17) is 0 Å². The van der Waals surface area contributed by atoms with Gasteiger partial charge in [-0.1, -0.05) is 37.1 Å². The lowest BCUT2D eigenvalue weighted by molar-refractivity contribution is 0.508. The summed E-state index contributed by atoms with van der Waals surface area (Å²) in [5.41, 5.74) is 4.08. The number of tetrazole rings is 1. The van der Waals surface area contributed by atoms with Gasteiger partial charge in [-0.05, 0) is 90.1 Å². The van der Waals surface area contributed by atoms with Crippen LogP contribution in [0.25, 0.3) is 0 Å². The zero-order valence-electron chi connectivity index (χ0n) is 19.0. The van der Waals surface area contributed by atoms with Crippen LogP contribution in [0.3, 0.4) is 0 Å². The summed E-state index contributed by atoms with van der Waals surface area (Å²) in [6, 6.07) is 13.3. The van der Waals surface area contributed by atoms with E-state index in [1.807, 2.05) is 28.8 Å². The third-order valence-electron chi connectivity index (χ3n) is 6.39. The predicted molar refractivity (Wildman–Crippen MR) is 131 cm³/mol. The highest BCUT2D eigenvalue weighted by Gasteiger charge is 2.23. The van der Waals surface area contributed by atoms with Gasteiger partial charge in [-0.2, -0.15) is 11.8 Å². The molecule has 1 N–H and O–H groups in total. The number of hydrogen-bond acceptors (Lipinski definition) is 6. The maximum atomic E-state index is 4.44. The molecule has 1 aliphatic rings. The molecule has 0 saturated heterocycles. The summed E-state index contributed by atoms with van der Waals surface area (Å²) in [6.07, 6.45) is 14.5. The van der Waals surface area contributed by atoms with E-state index in [1.165, 1.54) is 42.4 Å². The summed E-state index contributed by atoms with van der Waals surface area (Å²) in [5, 5.41) is 16.5. The smallest absolute Gasteiger partial charge is 0.172 e. The molecule has 1 atom stereocenters. The highest BCUT2D eigenvalue weighted by Crippen LogP contribution is 2.35. The van der Waals surface area contributed by atoms with Crippen molar-refractivity contribution in [2.75, 3.05) is 18.6 Å². The minimum absolute atomic E-state index is 0.00846. The van der Waals surface area contributed by atoms with Crippen LogP contribution in [-0.2, 0) is 13.0 Å². The third-order valence-corrected chi connectivity index (χ3v) is 6.98. The van der Waals surface area contributed by atoms with Crippen LogP contribution in [0, 0.1) is 0 Å². The number of pyridine rings is 1. The van der Waals surface area contributed by atoms with Gasteiger partial charge in [0.15, 0.2) is 5.82 Å². The predicted octanol–water partition coefficient (Wildman–Crippen LogP) is 4.79. The highest BCUT2D eigenvalue weighted by molar-refractivity contribution is 7.98. The van der Waals surface area contributed by atoms with Crippen molar-refractivity contribution in [1.29, 1.82) is 0 Å². The van der Waals surface area contributed by atoms with Gasteiger partial charge in [0.25, 0.3) is 0 Å². The second kappa shape index (κ2) is 12.1. The number of unbranched alkanes of at least 4 members (excludes halogenated alkanes) is 1. The fraction of sp³-hybridized carbons (Fsp3) is 0.520. The summed E-state index contributed by atoms with van der Waals surface area (Å²) in [5.74, 6) is 2.61. The van der Waals surface area contributed by atoms with Gasteiger partial charge < -0.3 is 5.32 Å².